The predicted molar refractivity (Wildman–Crippen MR) is 85.3 cm³/mol. The Morgan fingerprint density at radius 2 is 1.84 bits per heavy atom. The van der Waals surface area contributed by atoms with Gasteiger partial charge in [0.25, 0.3) is 0 Å². The first-order chi connectivity index (χ1) is 9.19. The summed E-state index contributed by atoms with van der Waals surface area (Å²) in [6.45, 7) is 6.85. The molecule has 0 bridgehead atoms. The molecule has 0 saturated heterocycles. The van der Waals surface area contributed by atoms with Crippen molar-refractivity contribution < 1.29 is 0 Å². The fourth-order valence-corrected chi connectivity index (χ4v) is 3.69. The Hall–Kier alpha value is -1.04. The largest absolute Gasteiger partial charge is 0.0802 e. The van der Waals surface area contributed by atoms with Gasteiger partial charge in [-0.1, -0.05) is 62.6 Å². The zero-order valence-corrected chi connectivity index (χ0v) is 12.8. The summed E-state index contributed by atoms with van der Waals surface area (Å²) in [7, 11) is 0. The minimum absolute atomic E-state index is 0.608. The van der Waals surface area contributed by atoms with Gasteiger partial charge in [0.1, 0.15) is 0 Å². The molecule has 0 aliphatic heterocycles. The minimum Gasteiger partial charge on any atom is -0.0802 e. The first-order valence-corrected chi connectivity index (χ1v) is 7.95. The van der Waals surface area contributed by atoms with Crippen molar-refractivity contribution in [3.8, 4) is 0 Å². The summed E-state index contributed by atoms with van der Waals surface area (Å²) >= 11 is 0. The molecule has 0 fully saturated rings. The van der Waals surface area contributed by atoms with Crippen LogP contribution in [0.3, 0.4) is 0 Å². The second kappa shape index (κ2) is 6.41. The summed E-state index contributed by atoms with van der Waals surface area (Å²) in [5.74, 6) is 0. The maximum atomic E-state index is 2.53. The maximum absolute atomic E-state index is 2.53. The van der Waals surface area contributed by atoms with Crippen LogP contribution in [-0.4, -0.2) is 0 Å². The molecule has 1 aromatic rings. The summed E-state index contributed by atoms with van der Waals surface area (Å²) < 4.78 is 0. The molecule has 0 atom stereocenters. The van der Waals surface area contributed by atoms with Gasteiger partial charge < -0.3 is 0 Å². The molecule has 0 nitrogen and oxygen atoms in total. The fourth-order valence-electron chi connectivity index (χ4n) is 3.69. The van der Waals surface area contributed by atoms with E-state index in [1.807, 2.05) is 0 Å². The molecule has 0 unspecified atom stereocenters. The molecule has 104 valence electrons. The van der Waals surface area contributed by atoms with E-state index < -0.39 is 0 Å². The number of allylic oxidation sites excluding steroid dienone is 2. The lowest BCUT2D eigenvalue weighted by atomic mass is 9.69. The Morgan fingerprint density at radius 1 is 1.11 bits per heavy atom. The normalized spacial score (nSPS) is 18.2. The van der Waals surface area contributed by atoms with E-state index in [1.165, 1.54) is 56.1 Å². The van der Waals surface area contributed by atoms with E-state index in [1.54, 1.807) is 5.57 Å². The van der Waals surface area contributed by atoms with Gasteiger partial charge in [0.2, 0.25) is 0 Å². The molecule has 0 radical (unpaired) electrons. The van der Waals surface area contributed by atoms with Crippen molar-refractivity contribution in [2.75, 3.05) is 0 Å². The highest BCUT2D eigenvalue weighted by molar-refractivity contribution is 5.66. The van der Waals surface area contributed by atoms with E-state index in [0.29, 0.717) is 5.41 Å². The summed E-state index contributed by atoms with van der Waals surface area (Å²) in [5, 5.41) is 0. The average Bonchev–Trinajstić information content (AvgIpc) is 2.40. The molecule has 0 amide bonds. The Morgan fingerprint density at radius 3 is 2.37 bits per heavy atom. The minimum atomic E-state index is 0.608. The average molecular weight is 256 g/mol. The zero-order chi connectivity index (χ0) is 13.7. The molecule has 0 saturated carbocycles. The Kier molecular flexibility index (Phi) is 4.85. The highest BCUT2D eigenvalue weighted by Gasteiger charge is 2.30. The predicted octanol–water partition coefficient (Wildman–Crippen LogP) is 6.15. The van der Waals surface area contributed by atoms with Crippen LogP contribution in [0.15, 0.2) is 30.3 Å². The lowest BCUT2D eigenvalue weighted by Gasteiger charge is -2.36. The molecule has 1 aliphatic carbocycles. The second-order valence-electron chi connectivity index (χ2n) is 6.30. The first-order valence-electron chi connectivity index (χ1n) is 7.95. The molecular weight excluding hydrogens is 228 g/mol. The van der Waals surface area contributed by atoms with E-state index in [0.717, 1.165) is 0 Å². The van der Waals surface area contributed by atoms with Crippen LogP contribution in [0.5, 0.6) is 0 Å². The smallest absolute Gasteiger partial charge is 0.0225 e. The van der Waals surface area contributed by atoms with Gasteiger partial charge in [0.15, 0.2) is 0 Å². The van der Waals surface area contributed by atoms with E-state index in [-0.39, 0.29) is 0 Å². The topological polar surface area (TPSA) is 0 Å². The maximum Gasteiger partial charge on any atom is -0.0225 e. The number of rotatable bonds is 5. The van der Waals surface area contributed by atoms with Crippen molar-refractivity contribution in [2.24, 2.45) is 5.41 Å². The molecule has 0 heteroatoms. The summed E-state index contributed by atoms with van der Waals surface area (Å²) in [4.78, 5) is 0. The fraction of sp³-hybridized carbons (Fsp3) is 0.579. The highest BCUT2D eigenvalue weighted by atomic mass is 14.3. The van der Waals surface area contributed by atoms with Crippen LogP contribution in [-0.2, 0) is 0 Å². The number of aryl methyl sites for hydroxylation is 1. The van der Waals surface area contributed by atoms with E-state index in [9.17, 15) is 0 Å². The van der Waals surface area contributed by atoms with E-state index in [4.69, 9.17) is 0 Å². The Bertz CT molecular complexity index is 433. The molecule has 0 heterocycles. The molecule has 2 rings (SSSR count). The van der Waals surface area contributed by atoms with Gasteiger partial charge in [-0.15, -0.1) is 0 Å². The van der Waals surface area contributed by atoms with Crippen LogP contribution < -0.4 is 0 Å². The van der Waals surface area contributed by atoms with E-state index >= 15 is 0 Å². The Balaban J connectivity index is 2.14. The van der Waals surface area contributed by atoms with Crippen molar-refractivity contribution in [1.82, 2.24) is 0 Å². The molecular formula is C19H28. The van der Waals surface area contributed by atoms with Crippen molar-refractivity contribution in [3.63, 3.8) is 0 Å². The molecule has 0 N–H and O–H groups in total. The molecule has 0 aromatic heterocycles. The third-order valence-corrected chi connectivity index (χ3v) is 4.66. The van der Waals surface area contributed by atoms with Gasteiger partial charge in [-0.25, -0.2) is 0 Å². The first kappa shape index (κ1) is 14.4. The van der Waals surface area contributed by atoms with Crippen LogP contribution in [0.1, 0.15) is 69.9 Å². The Labute approximate surface area is 118 Å². The van der Waals surface area contributed by atoms with Crippen LogP contribution in [0.2, 0.25) is 0 Å². The molecule has 1 aromatic carbocycles. The summed E-state index contributed by atoms with van der Waals surface area (Å²) in [6.07, 6.45) is 11.9. The van der Waals surface area contributed by atoms with Gasteiger partial charge in [0, 0.05) is 0 Å². The molecule has 1 aliphatic rings. The second-order valence-corrected chi connectivity index (χ2v) is 6.30. The third kappa shape index (κ3) is 3.49. The lowest BCUT2D eigenvalue weighted by Crippen LogP contribution is -2.22. The van der Waals surface area contributed by atoms with Crippen molar-refractivity contribution in [1.29, 1.82) is 0 Å². The van der Waals surface area contributed by atoms with Crippen LogP contribution in [0.25, 0.3) is 5.57 Å². The van der Waals surface area contributed by atoms with Gasteiger partial charge in [-0.2, -0.15) is 0 Å². The molecule has 0 spiro atoms. The summed E-state index contributed by atoms with van der Waals surface area (Å²) in [6, 6.07) is 8.97. The standard InChI is InChI=1S/C19H28/c1-4-11-19(12-5-2)13-9-17(10-14-19)18-8-6-7-16(3)15-18/h6-9,15H,4-5,10-14H2,1-3H3. The van der Waals surface area contributed by atoms with Crippen molar-refractivity contribution >= 4 is 5.57 Å². The third-order valence-electron chi connectivity index (χ3n) is 4.66. The van der Waals surface area contributed by atoms with Gasteiger partial charge >= 0.3 is 0 Å². The summed E-state index contributed by atoms with van der Waals surface area (Å²) in [5.41, 5.74) is 5.00. The number of benzene rings is 1. The monoisotopic (exact) mass is 256 g/mol. The SMILES string of the molecule is CCCC1(CCC)CC=C(c2cccc(C)c2)CC1. The molecule has 19 heavy (non-hydrogen) atoms. The van der Waals surface area contributed by atoms with Crippen LogP contribution in [0, 0.1) is 12.3 Å². The van der Waals surface area contributed by atoms with E-state index in [2.05, 4.69) is 51.1 Å². The van der Waals surface area contributed by atoms with Gasteiger partial charge in [-0.05, 0) is 55.6 Å². The van der Waals surface area contributed by atoms with Crippen LogP contribution in [0.4, 0.5) is 0 Å². The zero-order valence-electron chi connectivity index (χ0n) is 12.8. The van der Waals surface area contributed by atoms with Crippen LogP contribution >= 0.6 is 0 Å². The number of hydrogen-bond acceptors (Lipinski definition) is 0. The van der Waals surface area contributed by atoms with Gasteiger partial charge in [0.05, 0.1) is 0 Å². The van der Waals surface area contributed by atoms with Gasteiger partial charge in [-0.3, -0.25) is 0 Å². The quantitative estimate of drug-likeness (QED) is 0.592. The highest BCUT2D eigenvalue weighted by Crippen LogP contribution is 2.45. The lowest BCUT2D eigenvalue weighted by molar-refractivity contribution is 0.213. The number of hydrogen-bond donors (Lipinski definition) is 0. The van der Waals surface area contributed by atoms with Crippen molar-refractivity contribution in [3.05, 3.63) is 41.5 Å². The van der Waals surface area contributed by atoms with Crippen molar-refractivity contribution in [2.45, 2.75) is 65.7 Å².